The highest BCUT2D eigenvalue weighted by molar-refractivity contribution is 7.88. The van der Waals surface area contributed by atoms with Crippen LogP contribution in [-0.4, -0.2) is 30.9 Å². The highest BCUT2D eigenvalue weighted by Crippen LogP contribution is 2.40. The van der Waals surface area contributed by atoms with Crippen molar-refractivity contribution in [3.63, 3.8) is 0 Å². The SMILES string of the molecule is COc1ccc(-c2ccnc(OS(=O)(=O)C(F)(F)F)c2[N+](=O)[O-])c(C)c1. The number of rotatable bonds is 5. The van der Waals surface area contributed by atoms with Gasteiger partial charge in [-0.2, -0.15) is 21.6 Å². The highest BCUT2D eigenvalue weighted by Gasteiger charge is 2.50. The van der Waals surface area contributed by atoms with Crippen LogP contribution in [-0.2, 0) is 10.1 Å². The summed E-state index contributed by atoms with van der Waals surface area (Å²) >= 11 is 0. The first-order chi connectivity index (χ1) is 12.0. The van der Waals surface area contributed by atoms with Gasteiger partial charge >= 0.3 is 27.2 Å². The molecule has 0 bridgehead atoms. The molecule has 0 atom stereocenters. The Hall–Kier alpha value is -2.89. The summed E-state index contributed by atoms with van der Waals surface area (Å²) in [6.07, 6.45) is 0.910. The molecule has 12 heteroatoms. The first-order valence-electron chi connectivity index (χ1n) is 6.77. The molecule has 2 rings (SSSR count). The van der Waals surface area contributed by atoms with E-state index >= 15 is 0 Å². The lowest BCUT2D eigenvalue weighted by Crippen LogP contribution is -2.28. The monoisotopic (exact) mass is 392 g/mol. The maximum atomic E-state index is 12.5. The molecule has 26 heavy (non-hydrogen) atoms. The van der Waals surface area contributed by atoms with Crippen LogP contribution >= 0.6 is 0 Å². The number of benzene rings is 1. The Morgan fingerprint density at radius 3 is 2.35 bits per heavy atom. The second-order valence-corrected chi connectivity index (χ2v) is 6.47. The van der Waals surface area contributed by atoms with Gasteiger partial charge in [0.2, 0.25) is 0 Å². The molecule has 140 valence electrons. The van der Waals surface area contributed by atoms with Gasteiger partial charge in [0.1, 0.15) is 5.75 Å². The summed E-state index contributed by atoms with van der Waals surface area (Å²) in [5, 5.41) is 11.4. The minimum atomic E-state index is -6.11. The van der Waals surface area contributed by atoms with E-state index in [0.717, 1.165) is 6.20 Å². The van der Waals surface area contributed by atoms with Gasteiger partial charge in [0.25, 0.3) is 0 Å². The molecule has 0 aliphatic carbocycles. The van der Waals surface area contributed by atoms with Gasteiger partial charge in [-0.1, -0.05) is 6.07 Å². The molecule has 2 aromatic rings. The van der Waals surface area contributed by atoms with E-state index < -0.39 is 32.1 Å². The molecule has 0 N–H and O–H groups in total. The first-order valence-corrected chi connectivity index (χ1v) is 8.18. The Balaban J connectivity index is 2.66. The predicted molar refractivity (Wildman–Crippen MR) is 83.2 cm³/mol. The Bertz CT molecular complexity index is 960. The zero-order valence-corrected chi connectivity index (χ0v) is 14.1. The number of hydrogen-bond donors (Lipinski definition) is 0. The van der Waals surface area contributed by atoms with E-state index in [1.54, 1.807) is 13.0 Å². The van der Waals surface area contributed by atoms with Crippen molar-refractivity contribution < 1.29 is 35.4 Å². The Labute approximate surface area is 145 Å². The molecule has 0 radical (unpaired) electrons. The Morgan fingerprint density at radius 2 is 1.85 bits per heavy atom. The number of halogens is 3. The largest absolute Gasteiger partial charge is 0.534 e. The van der Waals surface area contributed by atoms with E-state index in [9.17, 15) is 31.7 Å². The van der Waals surface area contributed by atoms with Crippen LogP contribution in [0.2, 0.25) is 0 Å². The molecule has 0 aliphatic rings. The van der Waals surface area contributed by atoms with Gasteiger partial charge in [-0.15, -0.1) is 0 Å². The molecular formula is C14H11F3N2O6S. The van der Waals surface area contributed by atoms with Crippen LogP contribution in [0.15, 0.2) is 30.5 Å². The number of methoxy groups -OCH3 is 1. The third-order valence-corrected chi connectivity index (χ3v) is 4.21. The minimum absolute atomic E-state index is 0.155. The third kappa shape index (κ3) is 3.69. The van der Waals surface area contributed by atoms with Crippen molar-refractivity contribution in [3.05, 3.63) is 46.1 Å². The average molecular weight is 392 g/mol. The van der Waals surface area contributed by atoms with Gasteiger partial charge in [0.15, 0.2) is 0 Å². The van der Waals surface area contributed by atoms with Gasteiger partial charge in [-0.25, -0.2) is 4.98 Å². The predicted octanol–water partition coefficient (Wildman–Crippen LogP) is 3.20. The number of aromatic nitrogens is 1. The average Bonchev–Trinajstić information content (AvgIpc) is 2.52. The Morgan fingerprint density at radius 1 is 1.19 bits per heavy atom. The highest BCUT2D eigenvalue weighted by atomic mass is 32.2. The van der Waals surface area contributed by atoms with Crippen molar-refractivity contribution in [2.24, 2.45) is 0 Å². The molecule has 0 saturated carbocycles. The maximum Gasteiger partial charge on any atom is 0.534 e. The van der Waals surface area contributed by atoms with Crippen LogP contribution in [0.25, 0.3) is 11.1 Å². The molecule has 0 fully saturated rings. The Kier molecular flexibility index (Phi) is 5.07. The van der Waals surface area contributed by atoms with Crippen molar-refractivity contribution in [1.82, 2.24) is 4.98 Å². The second-order valence-electron chi connectivity index (χ2n) is 4.93. The van der Waals surface area contributed by atoms with Crippen LogP contribution in [0.5, 0.6) is 11.6 Å². The molecule has 1 aromatic heterocycles. The lowest BCUT2D eigenvalue weighted by molar-refractivity contribution is -0.385. The van der Waals surface area contributed by atoms with E-state index in [2.05, 4.69) is 9.17 Å². The molecule has 8 nitrogen and oxygen atoms in total. The number of hydrogen-bond acceptors (Lipinski definition) is 7. The summed E-state index contributed by atoms with van der Waals surface area (Å²) in [7, 11) is -4.70. The number of aryl methyl sites for hydroxylation is 1. The summed E-state index contributed by atoms with van der Waals surface area (Å²) in [5.41, 5.74) is -6.14. The van der Waals surface area contributed by atoms with E-state index in [-0.39, 0.29) is 11.1 Å². The van der Waals surface area contributed by atoms with Crippen molar-refractivity contribution in [3.8, 4) is 22.8 Å². The first kappa shape index (κ1) is 19.4. The normalized spacial score (nSPS) is 11.9. The molecule has 0 saturated heterocycles. The van der Waals surface area contributed by atoms with Gasteiger partial charge in [0, 0.05) is 6.20 Å². The third-order valence-electron chi connectivity index (χ3n) is 3.27. The molecule has 0 spiro atoms. The standard InChI is InChI=1S/C14H11F3N2O6S/c1-8-7-9(24-2)3-4-10(8)11-5-6-18-13(12(11)19(20)21)25-26(22,23)14(15,16)17/h3-7H,1-2H3. The summed E-state index contributed by atoms with van der Waals surface area (Å²) in [5.74, 6) is -0.820. The lowest BCUT2D eigenvalue weighted by atomic mass is 10.00. The van der Waals surface area contributed by atoms with E-state index in [4.69, 9.17) is 4.74 Å². The number of alkyl halides is 3. The van der Waals surface area contributed by atoms with E-state index in [0.29, 0.717) is 11.3 Å². The topological polar surface area (TPSA) is 109 Å². The fourth-order valence-corrected chi connectivity index (χ4v) is 2.53. The number of nitrogens with zero attached hydrogens (tertiary/aromatic N) is 2. The van der Waals surface area contributed by atoms with Gasteiger partial charge in [-0.05, 0) is 36.2 Å². The summed E-state index contributed by atoms with van der Waals surface area (Å²) in [6, 6.07) is 5.64. The van der Waals surface area contributed by atoms with E-state index in [1.807, 2.05) is 0 Å². The summed E-state index contributed by atoms with van der Waals surface area (Å²) in [6.45, 7) is 1.59. The molecule has 1 aromatic carbocycles. The zero-order valence-electron chi connectivity index (χ0n) is 13.3. The minimum Gasteiger partial charge on any atom is -0.497 e. The fourth-order valence-electron chi connectivity index (χ4n) is 2.11. The van der Waals surface area contributed by atoms with Crippen LogP contribution < -0.4 is 8.92 Å². The van der Waals surface area contributed by atoms with Gasteiger partial charge in [0.05, 0.1) is 17.6 Å². The molecule has 0 aliphatic heterocycles. The quantitative estimate of drug-likeness (QED) is 0.333. The number of nitro groups is 1. The number of pyridine rings is 1. The van der Waals surface area contributed by atoms with Gasteiger partial charge in [-0.3, -0.25) is 10.1 Å². The van der Waals surface area contributed by atoms with Gasteiger partial charge < -0.3 is 8.92 Å². The van der Waals surface area contributed by atoms with Crippen LogP contribution in [0.4, 0.5) is 18.9 Å². The maximum absolute atomic E-state index is 12.5. The molecule has 1 heterocycles. The molecule has 0 unspecified atom stereocenters. The zero-order chi connectivity index (χ0) is 19.7. The van der Waals surface area contributed by atoms with Crippen molar-refractivity contribution in [1.29, 1.82) is 0 Å². The summed E-state index contributed by atoms with van der Waals surface area (Å²) in [4.78, 5) is 13.6. The van der Waals surface area contributed by atoms with Crippen molar-refractivity contribution in [2.45, 2.75) is 12.4 Å². The van der Waals surface area contributed by atoms with Crippen LogP contribution in [0, 0.1) is 17.0 Å². The smallest absolute Gasteiger partial charge is 0.497 e. The number of ether oxygens (including phenoxy) is 1. The van der Waals surface area contributed by atoms with Crippen LogP contribution in [0.1, 0.15) is 5.56 Å². The van der Waals surface area contributed by atoms with E-state index in [1.165, 1.54) is 25.3 Å². The fraction of sp³-hybridized carbons (Fsp3) is 0.214. The molecule has 0 amide bonds. The second kappa shape index (κ2) is 6.78. The van der Waals surface area contributed by atoms with Crippen molar-refractivity contribution in [2.75, 3.05) is 7.11 Å². The molecular weight excluding hydrogens is 381 g/mol. The van der Waals surface area contributed by atoms with Crippen LogP contribution in [0.3, 0.4) is 0 Å². The lowest BCUT2D eigenvalue weighted by Gasteiger charge is -2.12. The summed E-state index contributed by atoms with van der Waals surface area (Å²) < 4.78 is 68.7. The van der Waals surface area contributed by atoms with Crippen molar-refractivity contribution >= 4 is 15.8 Å².